The molecule has 4 heterocycles. The van der Waals surface area contributed by atoms with Gasteiger partial charge in [0.2, 0.25) is 5.95 Å². The van der Waals surface area contributed by atoms with E-state index in [2.05, 4.69) is 61.1 Å². The molecule has 1 spiro atoms. The molecule has 1 saturated heterocycles. The van der Waals surface area contributed by atoms with Gasteiger partial charge in [0.1, 0.15) is 5.60 Å². The standard InChI is InChI=1S/C18H20N6O/c1-2-24-16(14-9-19-20-10-14)21-22-17(24)23-8-7-18(12-23)15-6-4-3-5-13(15)11-25-18/h3-6,9-10H,2,7-8,11-12H2,1H3,(H,19,20). The number of hydrogen-bond donors (Lipinski definition) is 1. The van der Waals surface area contributed by atoms with Crippen molar-refractivity contribution in [1.29, 1.82) is 0 Å². The van der Waals surface area contributed by atoms with Crippen LogP contribution >= 0.6 is 0 Å². The van der Waals surface area contributed by atoms with Crippen molar-refractivity contribution in [3.05, 3.63) is 47.8 Å². The maximum atomic E-state index is 6.26. The summed E-state index contributed by atoms with van der Waals surface area (Å²) in [7, 11) is 0. The normalized spacial score (nSPS) is 22.0. The molecular formula is C18H20N6O. The molecule has 7 nitrogen and oxygen atoms in total. The van der Waals surface area contributed by atoms with Crippen molar-refractivity contribution in [3.63, 3.8) is 0 Å². The first-order valence-corrected chi connectivity index (χ1v) is 8.70. The number of rotatable bonds is 3. The Hall–Kier alpha value is -2.67. The van der Waals surface area contributed by atoms with Gasteiger partial charge in [-0.15, -0.1) is 10.2 Å². The molecule has 1 aromatic carbocycles. The van der Waals surface area contributed by atoms with Crippen LogP contribution in [-0.4, -0.2) is 38.1 Å². The van der Waals surface area contributed by atoms with Crippen molar-refractivity contribution in [2.24, 2.45) is 0 Å². The third-order valence-electron chi connectivity index (χ3n) is 5.33. The third kappa shape index (κ3) is 2.12. The van der Waals surface area contributed by atoms with Crippen molar-refractivity contribution < 1.29 is 4.74 Å². The average Bonchev–Trinajstić information content (AvgIpc) is 3.43. The fourth-order valence-corrected chi connectivity index (χ4v) is 4.08. The summed E-state index contributed by atoms with van der Waals surface area (Å²) in [5.41, 5.74) is 3.38. The molecule has 2 aromatic heterocycles. The number of hydrogen-bond acceptors (Lipinski definition) is 5. The van der Waals surface area contributed by atoms with Crippen LogP contribution in [-0.2, 0) is 23.5 Å². The molecule has 0 saturated carbocycles. The Balaban J connectivity index is 1.49. The molecule has 0 aliphatic carbocycles. The summed E-state index contributed by atoms with van der Waals surface area (Å²) in [5.74, 6) is 1.75. The van der Waals surface area contributed by atoms with Crippen molar-refractivity contribution >= 4 is 5.95 Å². The summed E-state index contributed by atoms with van der Waals surface area (Å²) in [6.07, 6.45) is 4.60. The van der Waals surface area contributed by atoms with E-state index in [-0.39, 0.29) is 5.60 Å². The molecule has 0 radical (unpaired) electrons. The molecule has 0 bridgehead atoms. The average molecular weight is 336 g/mol. The van der Waals surface area contributed by atoms with Gasteiger partial charge in [-0.3, -0.25) is 9.67 Å². The van der Waals surface area contributed by atoms with Gasteiger partial charge in [0.15, 0.2) is 5.82 Å². The maximum absolute atomic E-state index is 6.26. The number of aromatic nitrogens is 5. The van der Waals surface area contributed by atoms with Gasteiger partial charge in [0, 0.05) is 19.3 Å². The Morgan fingerprint density at radius 1 is 1.28 bits per heavy atom. The minimum Gasteiger partial charge on any atom is -0.364 e. The monoisotopic (exact) mass is 336 g/mol. The van der Waals surface area contributed by atoms with Gasteiger partial charge < -0.3 is 9.64 Å². The smallest absolute Gasteiger partial charge is 0.227 e. The summed E-state index contributed by atoms with van der Waals surface area (Å²) >= 11 is 0. The minimum atomic E-state index is -0.211. The fraction of sp³-hybridized carbons (Fsp3) is 0.389. The molecule has 1 N–H and O–H groups in total. The van der Waals surface area contributed by atoms with Gasteiger partial charge in [-0.25, -0.2) is 0 Å². The highest BCUT2D eigenvalue weighted by Gasteiger charge is 2.46. The van der Waals surface area contributed by atoms with Gasteiger partial charge in [-0.1, -0.05) is 24.3 Å². The predicted octanol–water partition coefficient (Wildman–Crippen LogP) is 2.32. The first-order valence-electron chi connectivity index (χ1n) is 8.70. The number of nitrogens with zero attached hydrogens (tertiary/aromatic N) is 5. The largest absolute Gasteiger partial charge is 0.364 e. The molecule has 1 unspecified atom stereocenters. The predicted molar refractivity (Wildman–Crippen MR) is 93.0 cm³/mol. The fourth-order valence-electron chi connectivity index (χ4n) is 4.08. The number of anilines is 1. The molecule has 1 atom stereocenters. The van der Waals surface area contributed by atoms with E-state index in [1.54, 1.807) is 6.20 Å². The number of H-pyrrole nitrogens is 1. The zero-order valence-electron chi connectivity index (χ0n) is 14.1. The van der Waals surface area contributed by atoms with Crippen LogP contribution in [0.4, 0.5) is 5.95 Å². The van der Waals surface area contributed by atoms with Crippen LogP contribution in [0.3, 0.4) is 0 Å². The van der Waals surface area contributed by atoms with Crippen LogP contribution in [0, 0.1) is 0 Å². The van der Waals surface area contributed by atoms with Gasteiger partial charge >= 0.3 is 0 Å². The van der Waals surface area contributed by atoms with E-state index in [0.717, 1.165) is 43.4 Å². The van der Waals surface area contributed by atoms with Crippen molar-refractivity contribution in [2.75, 3.05) is 18.0 Å². The van der Waals surface area contributed by atoms with E-state index >= 15 is 0 Å². The second-order valence-electron chi connectivity index (χ2n) is 6.67. The van der Waals surface area contributed by atoms with E-state index < -0.39 is 0 Å². The van der Waals surface area contributed by atoms with Gasteiger partial charge in [0.25, 0.3) is 0 Å². The molecule has 2 aliphatic heterocycles. The Labute approximate surface area is 145 Å². The summed E-state index contributed by atoms with van der Waals surface area (Å²) < 4.78 is 8.41. The summed E-state index contributed by atoms with van der Waals surface area (Å²) in [6, 6.07) is 8.55. The van der Waals surface area contributed by atoms with Gasteiger partial charge in [0.05, 0.1) is 24.9 Å². The summed E-state index contributed by atoms with van der Waals surface area (Å²) in [5, 5.41) is 15.7. The Morgan fingerprint density at radius 3 is 3.04 bits per heavy atom. The van der Waals surface area contributed by atoms with Crippen molar-refractivity contribution in [3.8, 4) is 11.4 Å². The number of aromatic amines is 1. The molecule has 25 heavy (non-hydrogen) atoms. The van der Waals surface area contributed by atoms with E-state index in [1.807, 2.05) is 6.20 Å². The molecule has 128 valence electrons. The van der Waals surface area contributed by atoms with Crippen LogP contribution in [0.15, 0.2) is 36.7 Å². The zero-order valence-corrected chi connectivity index (χ0v) is 14.1. The zero-order chi connectivity index (χ0) is 16.9. The summed E-state index contributed by atoms with van der Waals surface area (Å²) in [6.45, 7) is 5.35. The lowest BCUT2D eigenvalue weighted by molar-refractivity contribution is -0.0205. The number of ether oxygens (including phenoxy) is 1. The number of nitrogens with one attached hydrogen (secondary N) is 1. The van der Waals surface area contributed by atoms with Gasteiger partial charge in [-0.05, 0) is 24.5 Å². The first kappa shape index (κ1) is 14.7. The topological polar surface area (TPSA) is 71.9 Å². The number of fused-ring (bicyclic) bond motifs is 2. The SMILES string of the molecule is CCn1c(-c2cn[nH]c2)nnc1N1CCC2(C1)OCc1ccccc12. The lowest BCUT2D eigenvalue weighted by atomic mass is 9.92. The first-order chi connectivity index (χ1) is 12.3. The van der Waals surface area contributed by atoms with Crippen molar-refractivity contribution in [1.82, 2.24) is 25.0 Å². The Morgan fingerprint density at radius 2 is 2.20 bits per heavy atom. The second-order valence-corrected chi connectivity index (χ2v) is 6.67. The quantitative estimate of drug-likeness (QED) is 0.795. The van der Waals surface area contributed by atoms with Crippen LogP contribution in [0.5, 0.6) is 0 Å². The Kier molecular flexibility index (Phi) is 3.18. The van der Waals surface area contributed by atoms with E-state index in [1.165, 1.54) is 11.1 Å². The second kappa shape index (κ2) is 5.42. The maximum Gasteiger partial charge on any atom is 0.227 e. The van der Waals surface area contributed by atoms with E-state index in [0.29, 0.717) is 6.61 Å². The molecule has 3 aromatic rings. The van der Waals surface area contributed by atoms with Crippen LogP contribution in [0.2, 0.25) is 0 Å². The van der Waals surface area contributed by atoms with E-state index in [4.69, 9.17) is 4.74 Å². The molecular weight excluding hydrogens is 316 g/mol. The lowest BCUT2D eigenvalue weighted by Crippen LogP contribution is -2.31. The Bertz CT molecular complexity index is 902. The highest BCUT2D eigenvalue weighted by atomic mass is 16.5. The van der Waals surface area contributed by atoms with Crippen LogP contribution in [0.1, 0.15) is 24.5 Å². The van der Waals surface area contributed by atoms with Crippen LogP contribution < -0.4 is 4.90 Å². The highest BCUT2D eigenvalue weighted by molar-refractivity contribution is 5.56. The summed E-state index contributed by atoms with van der Waals surface area (Å²) in [4.78, 5) is 2.29. The van der Waals surface area contributed by atoms with E-state index in [9.17, 15) is 0 Å². The van der Waals surface area contributed by atoms with Crippen LogP contribution in [0.25, 0.3) is 11.4 Å². The molecule has 7 heteroatoms. The molecule has 0 amide bonds. The highest BCUT2D eigenvalue weighted by Crippen LogP contribution is 2.44. The molecule has 1 fully saturated rings. The minimum absolute atomic E-state index is 0.211. The molecule has 2 aliphatic rings. The number of benzene rings is 1. The molecule has 5 rings (SSSR count). The third-order valence-corrected chi connectivity index (χ3v) is 5.33. The lowest BCUT2D eigenvalue weighted by Gasteiger charge is -2.25. The van der Waals surface area contributed by atoms with Gasteiger partial charge in [-0.2, -0.15) is 5.10 Å². The van der Waals surface area contributed by atoms with Crippen molar-refractivity contribution in [2.45, 2.75) is 32.1 Å².